The maximum atomic E-state index is 12.4. The number of methoxy groups -OCH3 is 1. The van der Waals surface area contributed by atoms with Gasteiger partial charge in [-0.1, -0.05) is 18.2 Å². The number of carbonyl (C=O) groups is 1. The predicted molar refractivity (Wildman–Crippen MR) is 92.5 cm³/mol. The van der Waals surface area contributed by atoms with Gasteiger partial charge in [-0.3, -0.25) is 4.79 Å². The van der Waals surface area contributed by atoms with Gasteiger partial charge in [0, 0.05) is 5.92 Å². The van der Waals surface area contributed by atoms with Crippen LogP contribution in [0.25, 0.3) is 0 Å². The van der Waals surface area contributed by atoms with Crippen molar-refractivity contribution in [3.8, 4) is 5.75 Å². The number of rotatable bonds is 4. The van der Waals surface area contributed by atoms with Crippen LogP contribution >= 0.6 is 0 Å². The van der Waals surface area contributed by atoms with E-state index in [2.05, 4.69) is 0 Å². The van der Waals surface area contributed by atoms with Crippen molar-refractivity contribution >= 4 is 5.78 Å². The molecular formula is C20H24O6. The Morgan fingerprint density at radius 3 is 2.69 bits per heavy atom. The molecule has 0 saturated carbocycles. The van der Waals surface area contributed by atoms with Gasteiger partial charge < -0.3 is 23.7 Å². The molecule has 3 aliphatic rings. The smallest absolute Gasteiger partial charge is 0.188 e. The first kappa shape index (κ1) is 17.7. The van der Waals surface area contributed by atoms with E-state index in [1.54, 1.807) is 13.2 Å². The Labute approximate surface area is 153 Å². The molecule has 2 aliphatic heterocycles. The Morgan fingerprint density at radius 1 is 1.19 bits per heavy atom. The molecule has 6 nitrogen and oxygen atoms in total. The van der Waals surface area contributed by atoms with Gasteiger partial charge in [-0.15, -0.1) is 0 Å². The monoisotopic (exact) mass is 360 g/mol. The van der Waals surface area contributed by atoms with Crippen LogP contribution in [-0.2, 0) is 30.3 Å². The Balaban J connectivity index is 1.43. The molecular weight excluding hydrogens is 336 g/mol. The molecule has 6 heteroatoms. The van der Waals surface area contributed by atoms with Gasteiger partial charge in [0.1, 0.15) is 18.0 Å². The lowest BCUT2D eigenvalue weighted by Crippen LogP contribution is -2.34. The summed E-state index contributed by atoms with van der Waals surface area (Å²) in [7, 11) is 1.64. The van der Waals surface area contributed by atoms with Gasteiger partial charge in [-0.25, -0.2) is 0 Å². The first-order valence-electron chi connectivity index (χ1n) is 8.93. The molecule has 0 unspecified atom stereocenters. The average molecular weight is 360 g/mol. The molecule has 0 aromatic heterocycles. The van der Waals surface area contributed by atoms with Crippen molar-refractivity contribution in [1.29, 1.82) is 0 Å². The minimum absolute atomic E-state index is 0.0510. The molecule has 0 N–H and O–H groups in total. The molecule has 0 amide bonds. The van der Waals surface area contributed by atoms with E-state index in [1.807, 2.05) is 44.2 Å². The Morgan fingerprint density at radius 2 is 1.96 bits per heavy atom. The minimum Gasteiger partial charge on any atom is -0.497 e. The Hall–Kier alpha value is -1.73. The van der Waals surface area contributed by atoms with Crippen LogP contribution in [0.1, 0.15) is 25.8 Å². The number of ether oxygens (including phenoxy) is 5. The van der Waals surface area contributed by atoms with Crippen molar-refractivity contribution in [3.05, 3.63) is 42.0 Å². The molecule has 0 radical (unpaired) electrons. The zero-order chi connectivity index (χ0) is 18.3. The van der Waals surface area contributed by atoms with Crippen molar-refractivity contribution in [1.82, 2.24) is 0 Å². The number of benzene rings is 1. The molecule has 2 fully saturated rings. The van der Waals surface area contributed by atoms with Gasteiger partial charge >= 0.3 is 0 Å². The molecule has 0 bridgehead atoms. The summed E-state index contributed by atoms with van der Waals surface area (Å²) in [5, 5.41) is 0. The number of hydrogen-bond donors (Lipinski definition) is 0. The summed E-state index contributed by atoms with van der Waals surface area (Å²) in [4.78, 5) is 12.4. The standard InChI is InChI=1S/C20H24O6/c1-20(2)25-18-15-10-14(8-9-16(21)17(15)24-19(18)26-20)23-11-12-4-6-13(22-3)7-5-12/h4-9,14-15,17-19H,10-11H2,1-3H3/t14-,15+,17-,18+,19+/m0/s1. The lowest BCUT2D eigenvalue weighted by Gasteiger charge is -2.25. The van der Waals surface area contributed by atoms with E-state index >= 15 is 0 Å². The zero-order valence-electron chi connectivity index (χ0n) is 15.2. The summed E-state index contributed by atoms with van der Waals surface area (Å²) < 4.78 is 28.8. The molecule has 2 heterocycles. The quantitative estimate of drug-likeness (QED) is 0.822. The molecule has 1 aromatic rings. The lowest BCUT2D eigenvalue weighted by atomic mass is 9.92. The van der Waals surface area contributed by atoms with E-state index < -0.39 is 18.2 Å². The van der Waals surface area contributed by atoms with Crippen molar-refractivity contribution in [2.45, 2.75) is 57.3 Å². The number of fused-ring (bicyclic) bond motifs is 3. The van der Waals surface area contributed by atoms with Crippen LogP contribution < -0.4 is 4.74 Å². The number of hydrogen-bond acceptors (Lipinski definition) is 6. The molecule has 140 valence electrons. The fourth-order valence-corrected chi connectivity index (χ4v) is 3.80. The summed E-state index contributed by atoms with van der Waals surface area (Å²) >= 11 is 0. The predicted octanol–water partition coefficient (Wildman–Crippen LogP) is 2.60. The molecule has 5 atom stereocenters. The van der Waals surface area contributed by atoms with Crippen LogP contribution in [0.15, 0.2) is 36.4 Å². The molecule has 1 aliphatic carbocycles. The summed E-state index contributed by atoms with van der Waals surface area (Å²) in [5.41, 5.74) is 1.05. The topological polar surface area (TPSA) is 63.2 Å². The number of ketones is 1. The van der Waals surface area contributed by atoms with Crippen LogP contribution in [0.3, 0.4) is 0 Å². The second-order valence-corrected chi connectivity index (χ2v) is 7.38. The van der Waals surface area contributed by atoms with Gasteiger partial charge in [0.15, 0.2) is 17.9 Å². The first-order valence-corrected chi connectivity index (χ1v) is 8.93. The SMILES string of the molecule is COc1ccc(CO[C@H]2C=CC(=O)[C@H]3O[C@@H]4OC(C)(C)O[C@@H]4[C@@H]3C2)cc1. The highest BCUT2D eigenvalue weighted by Gasteiger charge is 2.56. The third-order valence-corrected chi connectivity index (χ3v) is 5.06. The van der Waals surface area contributed by atoms with Gasteiger partial charge in [-0.2, -0.15) is 0 Å². The lowest BCUT2D eigenvalue weighted by molar-refractivity contribution is -0.209. The highest BCUT2D eigenvalue weighted by atomic mass is 16.8. The van der Waals surface area contributed by atoms with E-state index in [9.17, 15) is 4.79 Å². The summed E-state index contributed by atoms with van der Waals surface area (Å²) in [6.45, 7) is 4.18. The maximum Gasteiger partial charge on any atom is 0.188 e. The Kier molecular flexibility index (Phi) is 4.61. The van der Waals surface area contributed by atoms with E-state index in [0.717, 1.165) is 11.3 Å². The fourth-order valence-electron chi connectivity index (χ4n) is 3.80. The highest BCUT2D eigenvalue weighted by molar-refractivity contribution is 5.94. The maximum absolute atomic E-state index is 12.4. The third kappa shape index (κ3) is 3.42. The van der Waals surface area contributed by atoms with E-state index in [1.165, 1.54) is 0 Å². The zero-order valence-corrected chi connectivity index (χ0v) is 15.2. The van der Waals surface area contributed by atoms with Gasteiger partial charge in [0.05, 0.1) is 19.8 Å². The van der Waals surface area contributed by atoms with Crippen molar-refractivity contribution in [2.24, 2.45) is 5.92 Å². The third-order valence-electron chi connectivity index (χ3n) is 5.06. The largest absolute Gasteiger partial charge is 0.497 e. The van der Waals surface area contributed by atoms with Gasteiger partial charge in [0.25, 0.3) is 0 Å². The summed E-state index contributed by atoms with van der Waals surface area (Å²) in [6.07, 6.45) is 2.61. The minimum atomic E-state index is -0.692. The Bertz CT molecular complexity index is 695. The summed E-state index contributed by atoms with van der Waals surface area (Å²) in [6, 6.07) is 7.75. The molecule has 0 spiro atoms. The molecule has 26 heavy (non-hydrogen) atoms. The molecule has 4 rings (SSSR count). The van der Waals surface area contributed by atoms with Gasteiger partial charge in [0.2, 0.25) is 0 Å². The van der Waals surface area contributed by atoms with Crippen molar-refractivity contribution in [2.75, 3.05) is 7.11 Å². The number of carbonyl (C=O) groups excluding carboxylic acids is 1. The van der Waals surface area contributed by atoms with E-state index in [0.29, 0.717) is 13.0 Å². The fraction of sp³-hybridized carbons (Fsp3) is 0.550. The van der Waals surface area contributed by atoms with Gasteiger partial charge in [-0.05, 0) is 44.0 Å². The molecule has 1 aromatic carbocycles. The van der Waals surface area contributed by atoms with Crippen LogP contribution in [0.2, 0.25) is 0 Å². The van der Waals surface area contributed by atoms with Crippen molar-refractivity contribution in [3.63, 3.8) is 0 Å². The second-order valence-electron chi connectivity index (χ2n) is 7.38. The molecule has 2 saturated heterocycles. The van der Waals surface area contributed by atoms with Crippen LogP contribution in [0.4, 0.5) is 0 Å². The summed E-state index contributed by atoms with van der Waals surface area (Å²) in [5.74, 6) is -0.00972. The van der Waals surface area contributed by atoms with Crippen molar-refractivity contribution < 1.29 is 28.5 Å². The normalized spacial score (nSPS) is 35.0. The van der Waals surface area contributed by atoms with E-state index in [4.69, 9.17) is 23.7 Å². The first-order chi connectivity index (χ1) is 12.4. The van der Waals surface area contributed by atoms with E-state index in [-0.39, 0.29) is 23.9 Å². The average Bonchev–Trinajstić information content (AvgIpc) is 3.04. The second kappa shape index (κ2) is 6.78. The van der Waals surface area contributed by atoms with Crippen LogP contribution in [-0.4, -0.2) is 43.3 Å². The highest BCUT2D eigenvalue weighted by Crippen LogP contribution is 2.44. The van der Waals surface area contributed by atoms with Crippen LogP contribution in [0.5, 0.6) is 5.75 Å². The van der Waals surface area contributed by atoms with Crippen LogP contribution in [0, 0.1) is 5.92 Å².